The number of aliphatic hydroxyl groups is 2. The molecular weight excluding hydrogens is 268 g/mol. The van der Waals surface area contributed by atoms with E-state index in [1.165, 1.54) is 0 Å². The summed E-state index contributed by atoms with van der Waals surface area (Å²) in [5.41, 5.74) is 1.43. The average molecular weight is 292 g/mol. The monoisotopic (exact) mass is 292 g/mol. The van der Waals surface area contributed by atoms with E-state index in [9.17, 15) is 15.0 Å². The van der Waals surface area contributed by atoms with Crippen molar-refractivity contribution in [2.24, 2.45) is 0 Å². The van der Waals surface area contributed by atoms with Crippen molar-refractivity contribution in [1.82, 2.24) is 4.90 Å². The highest BCUT2D eigenvalue weighted by molar-refractivity contribution is 5.89. The molecule has 3 N–H and O–H groups in total. The Morgan fingerprint density at radius 2 is 2.24 bits per heavy atom. The molecule has 0 saturated carbocycles. The lowest BCUT2D eigenvalue weighted by Gasteiger charge is -2.28. The summed E-state index contributed by atoms with van der Waals surface area (Å²) in [5, 5.41) is 21.9. The molecule has 1 aliphatic heterocycles. The molecule has 0 aliphatic carbocycles. The Balaban J connectivity index is 2.07. The molecule has 5 nitrogen and oxygen atoms in total. The third kappa shape index (κ3) is 4.19. The molecule has 0 bridgehead atoms. The normalized spacial score (nSPS) is 20.7. The zero-order chi connectivity index (χ0) is 15.2. The van der Waals surface area contributed by atoms with E-state index in [-0.39, 0.29) is 18.7 Å². The van der Waals surface area contributed by atoms with Crippen molar-refractivity contribution >= 4 is 11.7 Å². The van der Waals surface area contributed by atoms with Crippen LogP contribution in [0.4, 0.5) is 10.5 Å². The second-order valence-electron chi connectivity index (χ2n) is 5.61. The van der Waals surface area contributed by atoms with E-state index < -0.39 is 6.10 Å². The number of likely N-dealkylation sites (tertiary alicyclic amines) is 1. The van der Waals surface area contributed by atoms with E-state index in [4.69, 9.17) is 0 Å². The molecule has 2 unspecified atom stereocenters. The molecule has 1 saturated heterocycles. The summed E-state index contributed by atoms with van der Waals surface area (Å²) in [6.45, 7) is 2.37. The lowest BCUT2D eigenvalue weighted by atomic mass is 10.1. The number of amides is 2. The number of carbonyl (C=O) groups is 1. The summed E-state index contributed by atoms with van der Waals surface area (Å²) in [4.78, 5) is 14.1. The van der Waals surface area contributed by atoms with Crippen LogP contribution in [0, 0.1) is 0 Å². The molecular formula is C16H24N2O3. The smallest absolute Gasteiger partial charge is 0.322 e. The Morgan fingerprint density at radius 3 is 2.95 bits per heavy atom. The molecule has 116 valence electrons. The fourth-order valence-corrected chi connectivity index (χ4v) is 2.71. The predicted molar refractivity (Wildman–Crippen MR) is 82.1 cm³/mol. The highest BCUT2D eigenvalue weighted by atomic mass is 16.3. The molecule has 1 aromatic carbocycles. The van der Waals surface area contributed by atoms with Gasteiger partial charge in [-0.2, -0.15) is 0 Å². The third-order valence-corrected chi connectivity index (χ3v) is 3.97. The van der Waals surface area contributed by atoms with Gasteiger partial charge in [-0.25, -0.2) is 4.79 Å². The molecule has 1 fully saturated rings. The van der Waals surface area contributed by atoms with Crippen LogP contribution in [-0.4, -0.2) is 40.3 Å². The van der Waals surface area contributed by atoms with Gasteiger partial charge in [0.1, 0.15) is 0 Å². The van der Waals surface area contributed by atoms with Crippen molar-refractivity contribution in [2.45, 2.75) is 44.8 Å². The Hall–Kier alpha value is -1.59. The molecule has 0 aromatic heterocycles. The van der Waals surface area contributed by atoms with Crippen LogP contribution in [0.15, 0.2) is 24.3 Å². The predicted octanol–water partition coefficient (Wildman–Crippen LogP) is 2.51. The van der Waals surface area contributed by atoms with Crippen LogP contribution in [0.1, 0.15) is 44.3 Å². The van der Waals surface area contributed by atoms with Gasteiger partial charge in [0.05, 0.1) is 18.8 Å². The molecule has 1 aromatic rings. The minimum Gasteiger partial charge on any atom is -0.394 e. The number of hydrogen-bond acceptors (Lipinski definition) is 3. The zero-order valence-corrected chi connectivity index (χ0v) is 12.5. The van der Waals surface area contributed by atoms with Crippen molar-refractivity contribution in [3.63, 3.8) is 0 Å². The molecule has 2 atom stereocenters. The van der Waals surface area contributed by atoms with Gasteiger partial charge in [0, 0.05) is 12.2 Å². The molecule has 5 heteroatoms. The van der Waals surface area contributed by atoms with Crippen LogP contribution >= 0.6 is 0 Å². The maximum atomic E-state index is 12.4. The molecule has 2 rings (SSSR count). The number of anilines is 1. The Kier molecular flexibility index (Phi) is 5.59. The number of rotatable bonds is 3. The summed E-state index contributed by atoms with van der Waals surface area (Å²) < 4.78 is 0. The standard InChI is InChI=1S/C16H24N2O3/c1-12(20)13-6-5-7-14(10-13)17-16(21)18-9-4-2-3-8-15(18)11-19/h5-7,10,12,15,19-20H,2-4,8-9,11H2,1H3,(H,17,21). The third-order valence-electron chi connectivity index (χ3n) is 3.97. The number of aliphatic hydroxyl groups excluding tert-OH is 2. The first-order valence-corrected chi connectivity index (χ1v) is 7.58. The van der Waals surface area contributed by atoms with Crippen molar-refractivity contribution in [2.75, 3.05) is 18.5 Å². The van der Waals surface area contributed by atoms with Gasteiger partial charge in [-0.05, 0) is 37.5 Å². The summed E-state index contributed by atoms with van der Waals surface area (Å²) in [5.74, 6) is 0. The van der Waals surface area contributed by atoms with Crippen LogP contribution in [0.25, 0.3) is 0 Å². The lowest BCUT2D eigenvalue weighted by Crippen LogP contribution is -2.44. The van der Waals surface area contributed by atoms with E-state index in [1.807, 2.05) is 12.1 Å². The van der Waals surface area contributed by atoms with E-state index >= 15 is 0 Å². The van der Waals surface area contributed by atoms with Crippen LogP contribution in [0.3, 0.4) is 0 Å². The second kappa shape index (κ2) is 7.43. The van der Waals surface area contributed by atoms with Crippen LogP contribution in [-0.2, 0) is 0 Å². The molecule has 21 heavy (non-hydrogen) atoms. The van der Waals surface area contributed by atoms with Gasteiger partial charge in [0.2, 0.25) is 0 Å². The number of nitrogens with one attached hydrogen (secondary N) is 1. The van der Waals surface area contributed by atoms with Crippen molar-refractivity contribution < 1.29 is 15.0 Å². The number of hydrogen-bond donors (Lipinski definition) is 3. The fraction of sp³-hybridized carbons (Fsp3) is 0.562. The summed E-state index contributed by atoms with van der Waals surface area (Å²) in [6, 6.07) is 6.92. The highest BCUT2D eigenvalue weighted by Gasteiger charge is 2.24. The Bertz CT molecular complexity index is 476. The van der Waals surface area contributed by atoms with Crippen LogP contribution in [0.5, 0.6) is 0 Å². The van der Waals surface area contributed by atoms with Crippen LogP contribution < -0.4 is 5.32 Å². The van der Waals surface area contributed by atoms with E-state index in [0.717, 1.165) is 31.2 Å². The van der Waals surface area contributed by atoms with Crippen molar-refractivity contribution in [3.8, 4) is 0 Å². The fourth-order valence-electron chi connectivity index (χ4n) is 2.71. The number of nitrogens with zero attached hydrogens (tertiary/aromatic N) is 1. The van der Waals surface area contributed by atoms with E-state index in [0.29, 0.717) is 12.2 Å². The van der Waals surface area contributed by atoms with Gasteiger partial charge in [0.25, 0.3) is 0 Å². The molecule has 0 radical (unpaired) electrons. The Morgan fingerprint density at radius 1 is 1.43 bits per heavy atom. The summed E-state index contributed by atoms with van der Waals surface area (Å²) >= 11 is 0. The van der Waals surface area contributed by atoms with E-state index in [2.05, 4.69) is 5.32 Å². The van der Waals surface area contributed by atoms with Crippen molar-refractivity contribution in [1.29, 1.82) is 0 Å². The average Bonchev–Trinajstić information content (AvgIpc) is 2.72. The van der Waals surface area contributed by atoms with Gasteiger partial charge in [-0.1, -0.05) is 25.0 Å². The minimum atomic E-state index is -0.565. The first kappa shape index (κ1) is 15.8. The second-order valence-corrected chi connectivity index (χ2v) is 5.61. The molecule has 1 heterocycles. The number of urea groups is 1. The van der Waals surface area contributed by atoms with Gasteiger partial charge < -0.3 is 20.4 Å². The van der Waals surface area contributed by atoms with Gasteiger partial charge in [0.15, 0.2) is 0 Å². The van der Waals surface area contributed by atoms with E-state index in [1.54, 1.807) is 24.0 Å². The van der Waals surface area contributed by atoms with Crippen molar-refractivity contribution in [3.05, 3.63) is 29.8 Å². The topological polar surface area (TPSA) is 72.8 Å². The lowest BCUT2D eigenvalue weighted by molar-refractivity contribution is 0.142. The van der Waals surface area contributed by atoms with Gasteiger partial charge in [-0.3, -0.25) is 0 Å². The quantitative estimate of drug-likeness (QED) is 0.801. The summed E-state index contributed by atoms with van der Waals surface area (Å²) in [6.07, 6.45) is 3.39. The minimum absolute atomic E-state index is 0.00112. The van der Waals surface area contributed by atoms with Gasteiger partial charge >= 0.3 is 6.03 Å². The Labute approximate surface area is 125 Å². The molecule has 1 aliphatic rings. The molecule has 0 spiro atoms. The van der Waals surface area contributed by atoms with Crippen LogP contribution in [0.2, 0.25) is 0 Å². The van der Waals surface area contributed by atoms with Gasteiger partial charge in [-0.15, -0.1) is 0 Å². The maximum absolute atomic E-state index is 12.4. The first-order valence-electron chi connectivity index (χ1n) is 7.58. The largest absolute Gasteiger partial charge is 0.394 e. The highest BCUT2D eigenvalue weighted by Crippen LogP contribution is 2.20. The number of benzene rings is 1. The SMILES string of the molecule is CC(O)c1cccc(NC(=O)N2CCCCCC2CO)c1. The number of carbonyl (C=O) groups excluding carboxylic acids is 1. The first-order chi connectivity index (χ1) is 10.1. The zero-order valence-electron chi connectivity index (χ0n) is 12.5. The summed E-state index contributed by atoms with van der Waals surface area (Å²) in [7, 11) is 0. The molecule has 2 amide bonds. The maximum Gasteiger partial charge on any atom is 0.322 e.